The van der Waals surface area contributed by atoms with Gasteiger partial charge in [0.15, 0.2) is 0 Å². The second-order valence-corrected chi connectivity index (χ2v) is 6.59. The Morgan fingerprint density at radius 2 is 1.89 bits per heavy atom. The standard InChI is InChI=1S/C11H18Cl3NO4/c1-2-3-4-5-6-8(9(16)17)15-10(18)19-7-11(12,13)14/h8H,2-7H2,1H3,(H,15,18)(H,16,17)/t8-/m0/s1. The molecule has 5 nitrogen and oxygen atoms in total. The lowest BCUT2D eigenvalue weighted by atomic mass is 10.1. The average Bonchev–Trinajstić information content (AvgIpc) is 2.29. The number of hydrogen-bond donors (Lipinski definition) is 2. The van der Waals surface area contributed by atoms with Crippen LogP contribution in [0.2, 0.25) is 0 Å². The number of hydrogen-bond acceptors (Lipinski definition) is 3. The fraction of sp³-hybridized carbons (Fsp3) is 0.818. The molecule has 0 aromatic rings. The summed E-state index contributed by atoms with van der Waals surface area (Å²) in [6.07, 6.45) is 3.16. The molecule has 19 heavy (non-hydrogen) atoms. The second kappa shape index (κ2) is 9.50. The maximum Gasteiger partial charge on any atom is 0.407 e. The third-order valence-electron chi connectivity index (χ3n) is 2.30. The first kappa shape index (κ1) is 18.6. The topological polar surface area (TPSA) is 75.6 Å². The van der Waals surface area contributed by atoms with Crippen molar-refractivity contribution in [3.8, 4) is 0 Å². The molecule has 0 aliphatic heterocycles. The second-order valence-electron chi connectivity index (χ2n) is 4.08. The maximum atomic E-state index is 11.3. The third-order valence-corrected chi connectivity index (χ3v) is 2.63. The quantitative estimate of drug-likeness (QED) is 0.526. The fourth-order valence-corrected chi connectivity index (χ4v) is 1.53. The first-order valence-electron chi connectivity index (χ1n) is 5.99. The molecule has 0 saturated heterocycles. The van der Waals surface area contributed by atoms with Crippen LogP contribution in [0.3, 0.4) is 0 Å². The Balaban J connectivity index is 4.05. The van der Waals surface area contributed by atoms with E-state index < -0.39 is 28.5 Å². The van der Waals surface area contributed by atoms with Crippen molar-refractivity contribution in [1.29, 1.82) is 0 Å². The molecule has 1 atom stereocenters. The van der Waals surface area contributed by atoms with Crippen LogP contribution in [0.5, 0.6) is 0 Å². The van der Waals surface area contributed by atoms with Crippen LogP contribution in [0.25, 0.3) is 0 Å². The molecule has 0 saturated carbocycles. The van der Waals surface area contributed by atoms with Gasteiger partial charge in [-0.3, -0.25) is 0 Å². The van der Waals surface area contributed by atoms with Gasteiger partial charge in [-0.05, 0) is 6.42 Å². The molecule has 0 fully saturated rings. The summed E-state index contributed by atoms with van der Waals surface area (Å²) >= 11 is 16.2. The van der Waals surface area contributed by atoms with Crippen molar-refractivity contribution in [2.45, 2.75) is 48.9 Å². The summed E-state index contributed by atoms with van der Waals surface area (Å²) in [6.45, 7) is 1.62. The van der Waals surface area contributed by atoms with Gasteiger partial charge in [0, 0.05) is 0 Å². The molecular weight excluding hydrogens is 316 g/mol. The molecule has 2 N–H and O–H groups in total. The van der Waals surface area contributed by atoms with Crippen molar-refractivity contribution in [3.63, 3.8) is 0 Å². The summed E-state index contributed by atoms with van der Waals surface area (Å²) in [6, 6.07) is -0.986. The molecule has 0 radical (unpaired) electrons. The first-order valence-corrected chi connectivity index (χ1v) is 7.12. The van der Waals surface area contributed by atoms with Crippen molar-refractivity contribution in [3.05, 3.63) is 0 Å². The summed E-state index contributed by atoms with van der Waals surface area (Å²) in [5.74, 6) is -1.11. The number of carbonyl (C=O) groups is 2. The number of nitrogens with one attached hydrogen (secondary N) is 1. The van der Waals surface area contributed by atoms with Crippen LogP contribution in [0.15, 0.2) is 0 Å². The van der Waals surface area contributed by atoms with E-state index in [1.54, 1.807) is 0 Å². The lowest BCUT2D eigenvalue weighted by Crippen LogP contribution is -2.41. The number of rotatable bonds is 8. The summed E-state index contributed by atoms with van der Waals surface area (Å²) in [5.41, 5.74) is 0. The van der Waals surface area contributed by atoms with E-state index in [2.05, 4.69) is 17.0 Å². The molecule has 112 valence electrons. The van der Waals surface area contributed by atoms with E-state index in [1.807, 2.05) is 0 Å². The zero-order valence-corrected chi connectivity index (χ0v) is 12.9. The van der Waals surface area contributed by atoms with Crippen LogP contribution in [0.4, 0.5) is 4.79 Å². The Morgan fingerprint density at radius 3 is 2.37 bits per heavy atom. The lowest BCUT2D eigenvalue weighted by molar-refractivity contribution is -0.139. The summed E-state index contributed by atoms with van der Waals surface area (Å²) in [4.78, 5) is 22.3. The highest BCUT2D eigenvalue weighted by molar-refractivity contribution is 6.67. The van der Waals surface area contributed by atoms with E-state index in [0.717, 1.165) is 25.7 Å². The van der Waals surface area contributed by atoms with Gasteiger partial charge in [-0.1, -0.05) is 67.4 Å². The molecule has 0 spiro atoms. The van der Waals surface area contributed by atoms with E-state index >= 15 is 0 Å². The van der Waals surface area contributed by atoms with Crippen LogP contribution in [-0.2, 0) is 9.53 Å². The molecule has 0 bridgehead atoms. The SMILES string of the molecule is CCCCCC[C@H](NC(=O)OCC(Cl)(Cl)Cl)C(=O)O. The number of amides is 1. The number of aliphatic carboxylic acids is 1. The Kier molecular flexibility index (Phi) is 9.31. The van der Waals surface area contributed by atoms with Gasteiger partial charge in [-0.25, -0.2) is 9.59 Å². The maximum absolute atomic E-state index is 11.3. The predicted molar refractivity (Wildman–Crippen MR) is 75.0 cm³/mol. The lowest BCUT2D eigenvalue weighted by Gasteiger charge is -2.16. The van der Waals surface area contributed by atoms with Crippen molar-refractivity contribution in [2.75, 3.05) is 6.61 Å². The Bertz CT molecular complexity index is 294. The summed E-state index contributed by atoms with van der Waals surface area (Å²) in [5, 5.41) is 11.2. The van der Waals surface area contributed by atoms with Gasteiger partial charge in [-0.15, -0.1) is 0 Å². The van der Waals surface area contributed by atoms with Gasteiger partial charge in [0.05, 0.1) is 0 Å². The molecule has 0 aliphatic carbocycles. The molecule has 0 aromatic heterocycles. The highest BCUT2D eigenvalue weighted by Crippen LogP contribution is 2.25. The molecule has 0 aromatic carbocycles. The first-order chi connectivity index (χ1) is 8.76. The number of alkyl halides is 3. The molecule has 0 rings (SSSR count). The van der Waals surface area contributed by atoms with Crippen LogP contribution >= 0.6 is 34.8 Å². The van der Waals surface area contributed by atoms with E-state index in [4.69, 9.17) is 39.9 Å². The molecule has 0 unspecified atom stereocenters. The van der Waals surface area contributed by atoms with E-state index in [-0.39, 0.29) is 0 Å². The van der Waals surface area contributed by atoms with Crippen molar-refractivity contribution < 1.29 is 19.4 Å². The number of carboxylic acid groups (broad SMARTS) is 1. The zero-order chi connectivity index (χ0) is 14.9. The summed E-state index contributed by atoms with van der Waals surface area (Å²) < 4.78 is 2.89. The Labute approximate surface area is 127 Å². The van der Waals surface area contributed by atoms with Crippen LogP contribution in [0.1, 0.15) is 39.0 Å². The summed E-state index contributed by atoms with van der Waals surface area (Å²) in [7, 11) is 0. The molecule has 8 heteroatoms. The number of ether oxygens (including phenoxy) is 1. The van der Waals surface area contributed by atoms with Crippen LogP contribution in [0, 0.1) is 0 Å². The molecular formula is C11H18Cl3NO4. The van der Waals surface area contributed by atoms with Gasteiger partial charge < -0.3 is 15.2 Å². The molecule has 0 heterocycles. The molecule has 0 aliphatic rings. The van der Waals surface area contributed by atoms with Gasteiger partial charge in [-0.2, -0.15) is 0 Å². The molecule has 1 amide bonds. The van der Waals surface area contributed by atoms with E-state index in [9.17, 15) is 9.59 Å². The smallest absolute Gasteiger partial charge is 0.407 e. The van der Waals surface area contributed by atoms with Crippen molar-refractivity contribution in [1.82, 2.24) is 5.32 Å². The van der Waals surface area contributed by atoms with E-state index in [0.29, 0.717) is 6.42 Å². The fourth-order valence-electron chi connectivity index (χ4n) is 1.36. The number of unbranched alkanes of at least 4 members (excludes halogenated alkanes) is 3. The monoisotopic (exact) mass is 333 g/mol. The van der Waals surface area contributed by atoms with Crippen molar-refractivity contribution >= 4 is 46.9 Å². The number of halogens is 3. The average molecular weight is 335 g/mol. The van der Waals surface area contributed by atoms with Crippen LogP contribution < -0.4 is 5.32 Å². The largest absolute Gasteiger partial charge is 0.480 e. The highest BCUT2D eigenvalue weighted by atomic mass is 35.6. The van der Waals surface area contributed by atoms with E-state index in [1.165, 1.54) is 0 Å². The van der Waals surface area contributed by atoms with Crippen LogP contribution in [-0.4, -0.2) is 33.6 Å². The Morgan fingerprint density at radius 1 is 1.26 bits per heavy atom. The van der Waals surface area contributed by atoms with Gasteiger partial charge in [0.25, 0.3) is 0 Å². The predicted octanol–water partition coefficient (Wildman–Crippen LogP) is 3.51. The third kappa shape index (κ3) is 11.2. The minimum absolute atomic E-state index is 0.345. The van der Waals surface area contributed by atoms with Gasteiger partial charge in [0.2, 0.25) is 3.79 Å². The Hall–Kier alpha value is -0.390. The normalized spacial score (nSPS) is 12.8. The van der Waals surface area contributed by atoms with Gasteiger partial charge >= 0.3 is 12.1 Å². The zero-order valence-electron chi connectivity index (χ0n) is 10.6. The number of carbonyl (C=O) groups excluding carboxylic acids is 1. The number of carboxylic acids is 1. The number of alkyl carbamates (subject to hydrolysis) is 1. The van der Waals surface area contributed by atoms with Gasteiger partial charge in [0.1, 0.15) is 12.6 Å². The minimum Gasteiger partial charge on any atom is -0.480 e. The highest BCUT2D eigenvalue weighted by Gasteiger charge is 2.24. The van der Waals surface area contributed by atoms with Crippen molar-refractivity contribution in [2.24, 2.45) is 0 Å². The minimum atomic E-state index is -1.71.